The van der Waals surface area contributed by atoms with E-state index >= 15 is 0 Å². The van der Waals surface area contributed by atoms with Crippen molar-refractivity contribution in [1.29, 1.82) is 0 Å². The molecule has 8 heteroatoms. The predicted octanol–water partition coefficient (Wildman–Crippen LogP) is 5.17. The molecule has 3 aromatic rings. The lowest BCUT2D eigenvalue weighted by molar-refractivity contribution is -0.132. The molecule has 0 radical (unpaired) electrons. The van der Waals surface area contributed by atoms with Crippen molar-refractivity contribution in [3.8, 4) is 5.75 Å². The highest BCUT2D eigenvalue weighted by molar-refractivity contribution is 7.15. The van der Waals surface area contributed by atoms with Crippen LogP contribution in [0.3, 0.4) is 0 Å². The van der Waals surface area contributed by atoms with E-state index in [0.717, 1.165) is 5.56 Å². The minimum atomic E-state index is -0.826. The molecule has 1 atom stereocenters. The number of aryl methyl sites for hydroxylation is 1. The van der Waals surface area contributed by atoms with Gasteiger partial charge in [0.1, 0.15) is 16.5 Å². The summed E-state index contributed by atoms with van der Waals surface area (Å²) in [6, 6.07) is 13.7. The zero-order valence-electron chi connectivity index (χ0n) is 19.8. The molecule has 1 aliphatic rings. The molecule has 176 valence electrons. The standard InChI is InChI=1S/C26H27N3O4S/c1-6-33-19-13-9-17(10-14-19)22(30)20-21(16-7-11-18(12-8-16)26(3,4)5)29(24(32)23(20)31)25-28-27-15(2)34-25/h7-14,21,30H,6H2,1-5H3. The molecule has 0 saturated carbocycles. The molecule has 1 N–H and O–H groups in total. The van der Waals surface area contributed by atoms with Crippen molar-refractivity contribution in [3.63, 3.8) is 0 Å². The number of aliphatic hydroxyl groups excluding tert-OH is 1. The minimum Gasteiger partial charge on any atom is -0.507 e. The van der Waals surface area contributed by atoms with E-state index < -0.39 is 17.7 Å². The first-order valence-corrected chi connectivity index (χ1v) is 11.9. The Morgan fingerprint density at radius 3 is 2.24 bits per heavy atom. The number of carbonyl (C=O) groups excluding carboxylic acids is 2. The van der Waals surface area contributed by atoms with E-state index in [1.807, 2.05) is 31.2 Å². The molecule has 0 bridgehead atoms. The number of aliphatic hydroxyl groups is 1. The number of ether oxygens (including phenoxy) is 1. The van der Waals surface area contributed by atoms with Gasteiger partial charge in [-0.25, -0.2) is 0 Å². The van der Waals surface area contributed by atoms with Crippen molar-refractivity contribution in [2.45, 2.75) is 46.1 Å². The average Bonchev–Trinajstić information content (AvgIpc) is 3.34. The summed E-state index contributed by atoms with van der Waals surface area (Å²) in [5.41, 5.74) is 2.20. The number of nitrogens with zero attached hydrogens (tertiary/aromatic N) is 3. The van der Waals surface area contributed by atoms with Crippen LogP contribution in [0.2, 0.25) is 0 Å². The average molecular weight is 478 g/mol. The van der Waals surface area contributed by atoms with Crippen molar-refractivity contribution < 1.29 is 19.4 Å². The van der Waals surface area contributed by atoms with Crippen molar-refractivity contribution >= 4 is 33.9 Å². The highest BCUT2D eigenvalue weighted by Crippen LogP contribution is 2.43. The Morgan fingerprint density at radius 2 is 1.71 bits per heavy atom. The van der Waals surface area contributed by atoms with Crippen LogP contribution in [0.1, 0.15) is 55.4 Å². The monoisotopic (exact) mass is 477 g/mol. The van der Waals surface area contributed by atoms with Crippen LogP contribution >= 0.6 is 11.3 Å². The third kappa shape index (κ3) is 4.33. The van der Waals surface area contributed by atoms with Gasteiger partial charge in [0.25, 0.3) is 5.78 Å². The van der Waals surface area contributed by atoms with Gasteiger partial charge in [-0.2, -0.15) is 0 Å². The maximum absolute atomic E-state index is 13.2. The van der Waals surface area contributed by atoms with Crippen LogP contribution in [-0.4, -0.2) is 33.6 Å². The number of Topliss-reactive ketones (excluding diaryl/α,β-unsaturated/α-hetero) is 1. The quantitative estimate of drug-likeness (QED) is 0.310. The van der Waals surface area contributed by atoms with Crippen LogP contribution in [-0.2, 0) is 15.0 Å². The van der Waals surface area contributed by atoms with Gasteiger partial charge in [0.05, 0.1) is 18.2 Å². The first kappa shape index (κ1) is 23.6. The molecule has 34 heavy (non-hydrogen) atoms. The molecule has 1 unspecified atom stereocenters. The van der Waals surface area contributed by atoms with Gasteiger partial charge < -0.3 is 9.84 Å². The molecule has 2 heterocycles. The Hall–Kier alpha value is -3.52. The summed E-state index contributed by atoms with van der Waals surface area (Å²) in [6.45, 7) is 10.5. The number of amides is 1. The van der Waals surface area contributed by atoms with E-state index in [-0.39, 0.29) is 16.7 Å². The minimum absolute atomic E-state index is 0.0190. The van der Waals surface area contributed by atoms with Gasteiger partial charge in [-0.15, -0.1) is 10.2 Å². The van der Waals surface area contributed by atoms with E-state index in [0.29, 0.717) is 33.6 Å². The number of benzene rings is 2. The summed E-state index contributed by atoms with van der Waals surface area (Å²) in [5, 5.41) is 20.3. The second-order valence-corrected chi connectivity index (χ2v) is 10.3. The summed E-state index contributed by atoms with van der Waals surface area (Å²) < 4.78 is 5.47. The Labute approximate surface area is 202 Å². The number of carbonyl (C=O) groups is 2. The van der Waals surface area contributed by atoms with E-state index in [1.165, 1.54) is 16.2 Å². The molecule has 2 aromatic carbocycles. The van der Waals surface area contributed by atoms with Crippen molar-refractivity contribution in [3.05, 3.63) is 75.8 Å². The topological polar surface area (TPSA) is 92.6 Å². The number of rotatable bonds is 5. The summed E-state index contributed by atoms with van der Waals surface area (Å²) in [7, 11) is 0. The van der Waals surface area contributed by atoms with Crippen LogP contribution in [0, 0.1) is 6.92 Å². The van der Waals surface area contributed by atoms with Crippen LogP contribution in [0.4, 0.5) is 5.13 Å². The Morgan fingerprint density at radius 1 is 1.06 bits per heavy atom. The molecule has 4 rings (SSSR count). The maximum Gasteiger partial charge on any atom is 0.301 e. The van der Waals surface area contributed by atoms with Crippen molar-refractivity contribution in [2.24, 2.45) is 0 Å². The van der Waals surface area contributed by atoms with E-state index in [1.54, 1.807) is 31.2 Å². The zero-order chi connectivity index (χ0) is 24.6. The number of anilines is 1. The summed E-state index contributed by atoms with van der Waals surface area (Å²) in [4.78, 5) is 27.7. The van der Waals surface area contributed by atoms with Gasteiger partial charge in [0, 0.05) is 5.56 Å². The second kappa shape index (κ2) is 9.02. The lowest BCUT2D eigenvalue weighted by Gasteiger charge is -2.24. The van der Waals surface area contributed by atoms with Crippen molar-refractivity contribution in [1.82, 2.24) is 10.2 Å². The highest BCUT2D eigenvalue weighted by Gasteiger charge is 2.48. The number of hydrogen-bond acceptors (Lipinski definition) is 7. The Kier molecular flexibility index (Phi) is 6.27. The molecule has 1 fully saturated rings. The first-order valence-electron chi connectivity index (χ1n) is 11.1. The van der Waals surface area contributed by atoms with Crippen LogP contribution < -0.4 is 9.64 Å². The van der Waals surface area contributed by atoms with Gasteiger partial charge in [0.2, 0.25) is 5.13 Å². The fourth-order valence-electron chi connectivity index (χ4n) is 3.93. The third-order valence-corrected chi connectivity index (χ3v) is 6.54. The number of ketones is 1. The fraction of sp³-hybridized carbons (Fsp3) is 0.308. The third-order valence-electron chi connectivity index (χ3n) is 5.70. The van der Waals surface area contributed by atoms with Crippen molar-refractivity contribution in [2.75, 3.05) is 11.5 Å². The lowest BCUT2D eigenvalue weighted by atomic mass is 9.85. The molecular weight excluding hydrogens is 450 g/mol. The van der Waals surface area contributed by atoms with E-state index in [2.05, 4.69) is 31.0 Å². The second-order valence-electron chi connectivity index (χ2n) is 9.10. The summed E-state index contributed by atoms with van der Waals surface area (Å²) >= 11 is 1.22. The molecule has 1 saturated heterocycles. The zero-order valence-corrected chi connectivity index (χ0v) is 20.6. The van der Waals surface area contributed by atoms with Crippen LogP contribution in [0.25, 0.3) is 5.76 Å². The van der Waals surface area contributed by atoms with Crippen LogP contribution in [0.15, 0.2) is 54.1 Å². The normalized spacial score (nSPS) is 17.9. The largest absolute Gasteiger partial charge is 0.507 e. The molecule has 1 amide bonds. The summed E-state index contributed by atoms with van der Waals surface area (Å²) in [6.07, 6.45) is 0. The van der Waals surface area contributed by atoms with Gasteiger partial charge in [-0.3, -0.25) is 14.5 Å². The molecular formula is C26H27N3O4S. The highest BCUT2D eigenvalue weighted by atomic mass is 32.1. The maximum atomic E-state index is 13.2. The molecule has 0 spiro atoms. The first-order chi connectivity index (χ1) is 16.1. The smallest absolute Gasteiger partial charge is 0.301 e. The fourth-order valence-corrected chi connectivity index (χ4v) is 4.64. The van der Waals surface area contributed by atoms with E-state index in [9.17, 15) is 14.7 Å². The number of hydrogen-bond donors (Lipinski definition) is 1. The summed E-state index contributed by atoms with van der Waals surface area (Å²) in [5.74, 6) is -1.09. The Bertz CT molecular complexity index is 1250. The van der Waals surface area contributed by atoms with Gasteiger partial charge in [-0.05, 0) is 54.7 Å². The molecule has 1 aromatic heterocycles. The SMILES string of the molecule is CCOc1ccc(C(O)=C2C(=O)C(=O)N(c3nnc(C)s3)C2c2ccc(C(C)(C)C)cc2)cc1. The van der Waals surface area contributed by atoms with E-state index in [4.69, 9.17) is 4.74 Å². The molecule has 7 nitrogen and oxygen atoms in total. The number of aromatic nitrogens is 2. The van der Waals surface area contributed by atoms with Gasteiger partial charge in [-0.1, -0.05) is 56.4 Å². The predicted molar refractivity (Wildman–Crippen MR) is 132 cm³/mol. The molecule has 1 aliphatic heterocycles. The lowest BCUT2D eigenvalue weighted by Crippen LogP contribution is -2.29. The van der Waals surface area contributed by atoms with Gasteiger partial charge >= 0.3 is 5.91 Å². The molecule has 0 aliphatic carbocycles. The van der Waals surface area contributed by atoms with Crippen LogP contribution in [0.5, 0.6) is 5.75 Å². The van der Waals surface area contributed by atoms with Gasteiger partial charge in [0.15, 0.2) is 0 Å². The Balaban J connectivity index is 1.87.